The highest BCUT2D eigenvalue weighted by Gasteiger charge is 2.35. The van der Waals surface area contributed by atoms with Crippen LogP contribution in [0, 0.1) is 0 Å². The lowest BCUT2D eigenvalue weighted by Gasteiger charge is -2.23. The molecule has 21 heavy (non-hydrogen) atoms. The number of nitrogens with one attached hydrogen (secondary N) is 1. The van der Waals surface area contributed by atoms with E-state index in [1.807, 2.05) is 24.3 Å². The van der Waals surface area contributed by atoms with Crippen LogP contribution in [0.1, 0.15) is 27.9 Å². The highest BCUT2D eigenvalue weighted by atomic mass is 16.4. The van der Waals surface area contributed by atoms with E-state index in [2.05, 4.69) is 9.97 Å². The number of carbonyl (C=O) groups excluding carboxylic acids is 1. The van der Waals surface area contributed by atoms with E-state index in [0.717, 1.165) is 11.3 Å². The molecule has 3 rings (SSSR count). The molecule has 1 aliphatic rings. The minimum atomic E-state index is -1.08. The molecule has 0 saturated heterocycles. The number of aromatic amines is 1. The molecule has 2 aromatic rings. The second-order valence-corrected chi connectivity index (χ2v) is 4.80. The van der Waals surface area contributed by atoms with E-state index in [1.54, 1.807) is 4.90 Å². The van der Waals surface area contributed by atoms with Crippen molar-refractivity contribution >= 4 is 17.6 Å². The maximum atomic E-state index is 12.1. The van der Waals surface area contributed by atoms with Crippen molar-refractivity contribution in [3.63, 3.8) is 0 Å². The van der Waals surface area contributed by atoms with E-state index in [0.29, 0.717) is 12.2 Å². The van der Waals surface area contributed by atoms with Crippen LogP contribution < -0.4 is 10.6 Å². The molecular weight excluding hydrogens is 272 g/mol. The zero-order valence-corrected chi connectivity index (χ0v) is 11.1. The van der Waals surface area contributed by atoms with Gasteiger partial charge in [0.05, 0.1) is 18.8 Å². The van der Waals surface area contributed by atoms with Crippen molar-refractivity contribution in [1.82, 2.24) is 9.97 Å². The third-order valence-corrected chi connectivity index (χ3v) is 3.56. The van der Waals surface area contributed by atoms with Crippen LogP contribution in [0.25, 0.3) is 0 Å². The molecule has 7 nitrogen and oxygen atoms in total. The Bertz CT molecular complexity index is 710. The van der Waals surface area contributed by atoms with Gasteiger partial charge in [0.2, 0.25) is 5.91 Å². The fourth-order valence-corrected chi connectivity index (χ4v) is 2.63. The average Bonchev–Trinajstić information content (AvgIpc) is 3.10. The van der Waals surface area contributed by atoms with Crippen molar-refractivity contribution in [3.05, 3.63) is 47.5 Å². The average molecular weight is 286 g/mol. The summed E-state index contributed by atoms with van der Waals surface area (Å²) in [6.45, 7) is -0.114. The molecule has 4 N–H and O–H groups in total. The van der Waals surface area contributed by atoms with E-state index in [4.69, 9.17) is 10.8 Å². The minimum Gasteiger partial charge on any atom is -0.477 e. The normalized spacial score (nSPS) is 16.8. The number of rotatable bonds is 3. The highest BCUT2D eigenvalue weighted by molar-refractivity contribution is 5.97. The number of H-pyrrole nitrogens is 1. The second-order valence-electron chi connectivity index (χ2n) is 4.80. The third kappa shape index (κ3) is 2.17. The summed E-state index contributed by atoms with van der Waals surface area (Å²) >= 11 is 0. The molecule has 0 spiro atoms. The molecule has 1 unspecified atom stereocenters. The van der Waals surface area contributed by atoms with Gasteiger partial charge in [0.15, 0.2) is 0 Å². The van der Waals surface area contributed by atoms with Crippen molar-refractivity contribution in [3.8, 4) is 0 Å². The Labute approximate surface area is 120 Å². The van der Waals surface area contributed by atoms with Crippen molar-refractivity contribution < 1.29 is 14.7 Å². The molecule has 0 bridgehead atoms. The summed E-state index contributed by atoms with van der Waals surface area (Å²) in [5, 5.41) is 8.96. The number of imidazole rings is 1. The Morgan fingerprint density at radius 2 is 2.19 bits per heavy atom. The summed E-state index contributed by atoms with van der Waals surface area (Å²) in [5.41, 5.74) is 7.30. The van der Waals surface area contributed by atoms with Gasteiger partial charge < -0.3 is 20.7 Å². The lowest BCUT2D eigenvalue weighted by Crippen LogP contribution is -2.37. The molecule has 1 aromatic carbocycles. The van der Waals surface area contributed by atoms with Crippen LogP contribution in [-0.2, 0) is 11.2 Å². The number of benzene rings is 1. The first kappa shape index (κ1) is 13.3. The van der Waals surface area contributed by atoms with Gasteiger partial charge in [-0.2, -0.15) is 0 Å². The van der Waals surface area contributed by atoms with Crippen LogP contribution in [0.4, 0.5) is 5.69 Å². The van der Waals surface area contributed by atoms with Crippen LogP contribution >= 0.6 is 0 Å². The molecule has 1 amide bonds. The number of fused-ring (bicyclic) bond motifs is 1. The van der Waals surface area contributed by atoms with Gasteiger partial charge in [-0.25, -0.2) is 9.78 Å². The predicted molar refractivity (Wildman–Crippen MR) is 75.0 cm³/mol. The highest BCUT2D eigenvalue weighted by Crippen LogP contribution is 2.39. The number of para-hydroxylation sites is 1. The molecule has 1 atom stereocenters. The monoisotopic (exact) mass is 286 g/mol. The Hall–Kier alpha value is -2.67. The standard InChI is InChI=1S/C14H14N4O3/c15-6-12(19)18-10-4-2-1-3-8(10)5-11(18)13-16-7-9(17-13)14(20)21/h1-4,7,11H,5-6,15H2,(H,16,17)(H,20,21). The molecular formula is C14H14N4O3. The number of amides is 1. The van der Waals surface area contributed by atoms with Crippen molar-refractivity contribution in [2.45, 2.75) is 12.5 Å². The van der Waals surface area contributed by atoms with Crippen LogP contribution in [0.15, 0.2) is 30.5 Å². The lowest BCUT2D eigenvalue weighted by atomic mass is 10.1. The first-order chi connectivity index (χ1) is 10.1. The topological polar surface area (TPSA) is 112 Å². The van der Waals surface area contributed by atoms with Crippen molar-refractivity contribution in [2.75, 3.05) is 11.4 Å². The molecule has 1 aromatic heterocycles. The second kappa shape index (κ2) is 5.02. The SMILES string of the molecule is NCC(=O)N1c2ccccc2CC1c1ncc(C(=O)O)[nH]1. The number of aromatic nitrogens is 2. The number of nitrogens with two attached hydrogens (primary N) is 1. The van der Waals surface area contributed by atoms with Gasteiger partial charge in [-0.05, 0) is 11.6 Å². The van der Waals surface area contributed by atoms with Gasteiger partial charge in [-0.3, -0.25) is 4.79 Å². The fourth-order valence-electron chi connectivity index (χ4n) is 2.63. The molecule has 108 valence electrons. The van der Waals surface area contributed by atoms with Crippen LogP contribution in [0.2, 0.25) is 0 Å². The lowest BCUT2D eigenvalue weighted by molar-refractivity contribution is -0.117. The Morgan fingerprint density at radius 1 is 1.43 bits per heavy atom. The number of anilines is 1. The molecule has 1 aliphatic heterocycles. The molecule has 0 saturated carbocycles. The van der Waals surface area contributed by atoms with E-state index in [-0.39, 0.29) is 24.2 Å². The molecule has 7 heteroatoms. The summed E-state index contributed by atoms with van der Waals surface area (Å²) in [4.78, 5) is 31.5. The third-order valence-electron chi connectivity index (χ3n) is 3.56. The largest absolute Gasteiger partial charge is 0.477 e. The summed E-state index contributed by atoms with van der Waals surface area (Å²) in [6.07, 6.45) is 1.83. The van der Waals surface area contributed by atoms with Crippen LogP contribution in [-0.4, -0.2) is 33.5 Å². The minimum absolute atomic E-state index is 0.00102. The number of hydrogen-bond donors (Lipinski definition) is 3. The zero-order chi connectivity index (χ0) is 15.0. The number of aromatic carboxylic acids is 1. The number of carboxylic acids is 1. The first-order valence-electron chi connectivity index (χ1n) is 6.50. The Kier molecular flexibility index (Phi) is 3.19. The van der Waals surface area contributed by atoms with E-state index >= 15 is 0 Å². The number of carbonyl (C=O) groups is 2. The maximum absolute atomic E-state index is 12.1. The smallest absolute Gasteiger partial charge is 0.353 e. The summed E-state index contributed by atoms with van der Waals surface area (Å²) in [7, 11) is 0. The van der Waals surface area contributed by atoms with Gasteiger partial charge in [0, 0.05) is 12.1 Å². The Morgan fingerprint density at radius 3 is 2.86 bits per heavy atom. The van der Waals surface area contributed by atoms with Crippen molar-refractivity contribution in [2.24, 2.45) is 5.73 Å². The first-order valence-corrected chi connectivity index (χ1v) is 6.50. The zero-order valence-electron chi connectivity index (χ0n) is 11.1. The van der Waals surface area contributed by atoms with E-state index in [9.17, 15) is 9.59 Å². The van der Waals surface area contributed by atoms with Crippen LogP contribution in [0.5, 0.6) is 0 Å². The predicted octanol–water partition coefficient (Wildman–Crippen LogP) is 0.697. The summed E-state index contributed by atoms with van der Waals surface area (Å²) in [6, 6.07) is 7.18. The van der Waals surface area contributed by atoms with Crippen LogP contribution in [0.3, 0.4) is 0 Å². The fraction of sp³-hybridized carbons (Fsp3) is 0.214. The van der Waals surface area contributed by atoms with E-state index in [1.165, 1.54) is 6.20 Å². The van der Waals surface area contributed by atoms with E-state index < -0.39 is 5.97 Å². The van der Waals surface area contributed by atoms with Gasteiger partial charge in [0.1, 0.15) is 11.5 Å². The number of hydrogen-bond acceptors (Lipinski definition) is 4. The van der Waals surface area contributed by atoms with Gasteiger partial charge in [0.25, 0.3) is 0 Å². The molecule has 0 radical (unpaired) electrons. The number of nitrogens with zero attached hydrogens (tertiary/aromatic N) is 2. The quantitative estimate of drug-likeness (QED) is 0.768. The van der Waals surface area contributed by atoms with Gasteiger partial charge >= 0.3 is 5.97 Å². The summed E-state index contributed by atoms with van der Waals surface area (Å²) < 4.78 is 0. The molecule has 0 fully saturated rings. The van der Waals surface area contributed by atoms with Gasteiger partial charge in [-0.1, -0.05) is 18.2 Å². The van der Waals surface area contributed by atoms with Gasteiger partial charge in [-0.15, -0.1) is 0 Å². The maximum Gasteiger partial charge on any atom is 0.353 e. The Balaban J connectivity index is 2.01. The molecule has 2 heterocycles. The number of carboxylic acid groups (broad SMARTS) is 1. The summed E-state index contributed by atoms with van der Waals surface area (Å²) in [5.74, 6) is -0.857. The molecule has 0 aliphatic carbocycles. The van der Waals surface area contributed by atoms with Crippen molar-refractivity contribution in [1.29, 1.82) is 0 Å².